The van der Waals surface area contributed by atoms with Gasteiger partial charge in [0.05, 0.1) is 6.10 Å². The Morgan fingerprint density at radius 1 is 0.900 bits per heavy atom. The largest absolute Gasteiger partial charge is 0.393 e. The molecule has 0 bridgehead atoms. The molecule has 0 aliphatic carbocycles. The summed E-state index contributed by atoms with van der Waals surface area (Å²) in [4.78, 5) is 0. The van der Waals surface area contributed by atoms with Gasteiger partial charge in [-0.3, -0.25) is 11.5 Å². The fourth-order valence-corrected chi connectivity index (χ4v) is 2.19. The second-order valence-corrected chi connectivity index (χ2v) is 5.11. The minimum absolute atomic E-state index is 0.400. The third-order valence-electron chi connectivity index (χ3n) is 3.32. The molecular weight excluding hydrogens is 260 g/mol. The summed E-state index contributed by atoms with van der Waals surface area (Å²) in [5, 5.41) is 25.9. The summed E-state index contributed by atoms with van der Waals surface area (Å²) in [6, 6.07) is 0. The maximum absolute atomic E-state index is 10.1. The second kappa shape index (κ2) is 11.4. The molecular formula is C12H32N6O2. The molecule has 0 saturated carbocycles. The van der Waals surface area contributed by atoms with Gasteiger partial charge in [0.2, 0.25) is 0 Å². The van der Waals surface area contributed by atoms with Crippen LogP contribution in [0.1, 0.15) is 32.1 Å². The van der Waals surface area contributed by atoms with Crippen molar-refractivity contribution in [2.24, 2.45) is 28.9 Å². The summed E-state index contributed by atoms with van der Waals surface area (Å²) in [6.45, 7) is 2.36. The number of rotatable bonds is 13. The quantitative estimate of drug-likeness (QED) is 0.136. The van der Waals surface area contributed by atoms with Crippen molar-refractivity contribution in [3.8, 4) is 0 Å². The fraction of sp³-hybridized carbons (Fsp3) is 1.00. The van der Waals surface area contributed by atoms with Crippen LogP contribution in [0, 0.1) is 5.92 Å². The lowest BCUT2D eigenvalue weighted by molar-refractivity contribution is -0.0704. The number of hydrogen-bond acceptors (Lipinski definition) is 8. The first-order chi connectivity index (χ1) is 9.43. The van der Waals surface area contributed by atoms with Gasteiger partial charge in [0.25, 0.3) is 0 Å². The van der Waals surface area contributed by atoms with Crippen LogP contribution in [0.5, 0.6) is 0 Å². The zero-order chi connectivity index (χ0) is 15.4. The number of aliphatic hydroxyl groups is 2. The van der Waals surface area contributed by atoms with Gasteiger partial charge in [-0.1, -0.05) is 0 Å². The second-order valence-electron chi connectivity index (χ2n) is 5.11. The van der Waals surface area contributed by atoms with Crippen molar-refractivity contribution in [2.75, 3.05) is 26.4 Å². The van der Waals surface area contributed by atoms with E-state index in [0.717, 1.165) is 25.8 Å². The fourth-order valence-electron chi connectivity index (χ4n) is 2.19. The van der Waals surface area contributed by atoms with Crippen molar-refractivity contribution < 1.29 is 10.2 Å². The van der Waals surface area contributed by atoms with E-state index in [4.69, 9.17) is 22.9 Å². The van der Waals surface area contributed by atoms with E-state index in [9.17, 15) is 10.2 Å². The SMILES string of the molecule is NCNCCCCC(O)C(CCCNCN)C(N)(N)O. The zero-order valence-corrected chi connectivity index (χ0v) is 12.2. The summed E-state index contributed by atoms with van der Waals surface area (Å²) in [5.41, 5.74) is 21.7. The third kappa shape index (κ3) is 9.56. The van der Waals surface area contributed by atoms with E-state index in [1.807, 2.05) is 0 Å². The molecule has 0 aromatic carbocycles. The van der Waals surface area contributed by atoms with Gasteiger partial charge in [-0.05, 0) is 45.2 Å². The van der Waals surface area contributed by atoms with Crippen molar-refractivity contribution in [1.82, 2.24) is 10.6 Å². The first-order valence-corrected chi connectivity index (χ1v) is 7.23. The number of unbranched alkanes of at least 4 members (excludes halogenated alkanes) is 1. The highest BCUT2D eigenvalue weighted by Crippen LogP contribution is 2.21. The minimum atomic E-state index is -1.86. The Balaban J connectivity index is 4.05. The highest BCUT2D eigenvalue weighted by molar-refractivity contribution is 4.81. The van der Waals surface area contributed by atoms with Crippen molar-refractivity contribution in [3.05, 3.63) is 0 Å². The van der Waals surface area contributed by atoms with Gasteiger partial charge >= 0.3 is 0 Å². The Labute approximate surface area is 121 Å². The predicted molar refractivity (Wildman–Crippen MR) is 80.0 cm³/mol. The van der Waals surface area contributed by atoms with Crippen LogP contribution in [0.25, 0.3) is 0 Å². The molecule has 0 amide bonds. The molecule has 8 heteroatoms. The van der Waals surface area contributed by atoms with E-state index < -0.39 is 17.9 Å². The predicted octanol–water partition coefficient (Wildman–Crippen LogP) is -2.51. The van der Waals surface area contributed by atoms with Gasteiger partial charge in [-0.15, -0.1) is 0 Å². The van der Waals surface area contributed by atoms with Crippen LogP contribution in [0.4, 0.5) is 0 Å². The van der Waals surface area contributed by atoms with E-state index in [0.29, 0.717) is 32.7 Å². The number of nitrogens with two attached hydrogens (primary N) is 4. The molecule has 0 aliphatic rings. The smallest absolute Gasteiger partial charge is 0.172 e. The van der Waals surface area contributed by atoms with Crippen molar-refractivity contribution in [1.29, 1.82) is 0 Å². The molecule has 0 radical (unpaired) electrons. The van der Waals surface area contributed by atoms with Gasteiger partial charge in [0.1, 0.15) is 0 Å². The molecule has 0 heterocycles. The van der Waals surface area contributed by atoms with Crippen molar-refractivity contribution >= 4 is 0 Å². The minimum Gasteiger partial charge on any atom is -0.393 e. The molecule has 2 atom stereocenters. The van der Waals surface area contributed by atoms with Gasteiger partial charge in [-0.25, -0.2) is 0 Å². The molecule has 0 fully saturated rings. The number of nitrogens with one attached hydrogen (secondary N) is 2. The lowest BCUT2D eigenvalue weighted by atomic mass is 9.89. The van der Waals surface area contributed by atoms with Gasteiger partial charge < -0.3 is 32.3 Å². The summed E-state index contributed by atoms with van der Waals surface area (Å²) >= 11 is 0. The summed E-state index contributed by atoms with van der Waals surface area (Å²) in [6.07, 6.45) is 2.84. The molecule has 0 saturated heterocycles. The monoisotopic (exact) mass is 292 g/mol. The van der Waals surface area contributed by atoms with Crippen LogP contribution in [0.15, 0.2) is 0 Å². The highest BCUT2D eigenvalue weighted by Gasteiger charge is 2.33. The Kier molecular flexibility index (Phi) is 11.2. The summed E-state index contributed by atoms with van der Waals surface area (Å²) < 4.78 is 0. The molecule has 12 N–H and O–H groups in total. The van der Waals surface area contributed by atoms with Crippen LogP contribution < -0.4 is 33.6 Å². The molecule has 0 rings (SSSR count). The Morgan fingerprint density at radius 2 is 1.45 bits per heavy atom. The van der Waals surface area contributed by atoms with Crippen LogP contribution >= 0.6 is 0 Å². The maximum atomic E-state index is 10.1. The zero-order valence-electron chi connectivity index (χ0n) is 12.2. The molecule has 122 valence electrons. The molecule has 2 unspecified atom stereocenters. The van der Waals surface area contributed by atoms with Gasteiger partial charge in [-0.2, -0.15) is 0 Å². The van der Waals surface area contributed by atoms with Crippen LogP contribution in [0.2, 0.25) is 0 Å². The molecule has 0 aromatic heterocycles. The van der Waals surface area contributed by atoms with Crippen LogP contribution in [0.3, 0.4) is 0 Å². The van der Waals surface area contributed by atoms with Crippen LogP contribution in [-0.4, -0.2) is 48.6 Å². The Bertz CT molecular complexity index is 224. The van der Waals surface area contributed by atoms with E-state index >= 15 is 0 Å². The molecule has 0 aliphatic heterocycles. The van der Waals surface area contributed by atoms with Crippen molar-refractivity contribution in [2.45, 2.75) is 44.1 Å². The van der Waals surface area contributed by atoms with Gasteiger partial charge in [0, 0.05) is 19.3 Å². The lowest BCUT2D eigenvalue weighted by Crippen LogP contribution is -2.59. The Hall–Kier alpha value is -0.320. The van der Waals surface area contributed by atoms with Crippen molar-refractivity contribution in [3.63, 3.8) is 0 Å². The van der Waals surface area contributed by atoms with E-state index in [-0.39, 0.29) is 0 Å². The summed E-state index contributed by atoms with van der Waals surface area (Å²) in [5.74, 6) is -2.41. The maximum Gasteiger partial charge on any atom is 0.172 e. The third-order valence-corrected chi connectivity index (χ3v) is 3.32. The first-order valence-electron chi connectivity index (χ1n) is 7.23. The standard InChI is InChI=1S/C12H32N6O2/c13-8-17-6-2-1-5-11(19)10(12(15,16)20)4-3-7-18-9-14/h10-11,17-20H,1-9,13-16H2. The van der Waals surface area contributed by atoms with Gasteiger partial charge in [0.15, 0.2) is 5.85 Å². The normalized spacial score (nSPS) is 15.3. The van der Waals surface area contributed by atoms with E-state index in [1.54, 1.807) is 0 Å². The molecule has 20 heavy (non-hydrogen) atoms. The molecule has 0 spiro atoms. The average Bonchev–Trinajstić information content (AvgIpc) is 2.36. The highest BCUT2D eigenvalue weighted by atomic mass is 16.3. The number of aliphatic hydroxyl groups excluding tert-OH is 1. The average molecular weight is 292 g/mol. The van der Waals surface area contributed by atoms with E-state index in [1.165, 1.54) is 0 Å². The van der Waals surface area contributed by atoms with E-state index in [2.05, 4.69) is 10.6 Å². The topological polar surface area (TPSA) is 169 Å². The number of hydrogen-bond donors (Lipinski definition) is 8. The molecule has 8 nitrogen and oxygen atoms in total. The lowest BCUT2D eigenvalue weighted by Gasteiger charge is -2.32. The molecule has 0 aromatic rings. The Morgan fingerprint density at radius 3 is 1.95 bits per heavy atom. The van der Waals surface area contributed by atoms with Crippen LogP contribution in [-0.2, 0) is 0 Å². The first kappa shape index (κ1) is 19.7. The summed E-state index contributed by atoms with van der Waals surface area (Å²) in [7, 11) is 0.